The molecule has 4 nitrogen and oxygen atoms in total. The second-order valence-corrected chi connectivity index (χ2v) is 2.96. The van der Waals surface area contributed by atoms with Crippen molar-refractivity contribution >= 4 is 5.69 Å². The van der Waals surface area contributed by atoms with E-state index in [1.807, 2.05) is 13.0 Å². The SMILES string of the molecule is CCc1cccc([N+](=O)[O-])c1COC. The van der Waals surface area contributed by atoms with Gasteiger partial charge in [0.1, 0.15) is 0 Å². The summed E-state index contributed by atoms with van der Waals surface area (Å²) in [5.41, 5.74) is 1.80. The summed E-state index contributed by atoms with van der Waals surface area (Å²) in [6.45, 7) is 2.26. The van der Waals surface area contributed by atoms with E-state index in [0.29, 0.717) is 12.2 Å². The molecule has 0 aliphatic heterocycles. The first-order valence-electron chi connectivity index (χ1n) is 4.44. The number of benzene rings is 1. The summed E-state index contributed by atoms with van der Waals surface area (Å²) in [4.78, 5) is 10.3. The Hall–Kier alpha value is -1.42. The third-order valence-corrected chi connectivity index (χ3v) is 2.11. The van der Waals surface area contributed by atoms with Crippen LogP contribution in [-0.2, 0) is 17.8 Å². The van der Waals surface area contributed by atoms with Crippen molar-refractivity contribution in [3.8, 4) is 0 Å². The van der Waals surface area contributed by atoms with Crippen LogP contribution in [0.2, 0.25) is 0 Å². The third-order valence-electron chi connectivity index (χ3n) is 2.11. The molecule has 0 saturated heterocycles. The minimum absolute atomic E-state index is 0.145. The predicted octanol–water partition coefficient (Wildman–Crippen LogP) is 2.30. The van der Waals surface area contributed by atoms with Crippen molar-refractivity contribution in [3.63, 3.8) is 0 Å². The van der Waals surface area contributed by atoms with E-state index in [2.05, 4.69) is 0 Å². The number of rotatable bonds is 4. The predicted molar refractivity (Wildman–Crippen MR) is 53.2 cm³/mol. The quantitative estimate of drug-likeness (QED) is 0.547. The number of nitro groups is 1. The summed E-state index contributed by atoms with van der Waals surface area (Å²) < 4.78 is 4.96. The monoisotopic (exact) mass is 195 g/mol. The van der Waals surface area contributed by atoms with Gasteiger partial charge in [-0.3, -0.25) is 10.1 Å². The van der Waals surface area contributed by atoms with Gasteiger partial charge in [0.2, 0.25) is 0 Å². The van der Waals surface area contributed by atoms with Crippen LogP contribution in [0.25, 0.3) is 0 Å². The number of methoxy groups -OCH3 is 1. The lowest BCUT2D eigenvalue weighted by Crippen LogP contribution is -2.01. The molecule has 1 aromatic carbocycles. The molecule has 0 saturated carbocycles. The molecule has 76 valence electrons. The Labute approximate surface area is 82.7 Å². The fourth-order valence-corrected chi connectivity index (χ4v) is 1.43. The molecule has 0 spiro atoms. The van der Waals surface area contributed by atoms with E-state index in [-0.39, 0.29) is 10.6 Å². The molecule has 0 aliphatic rings. The molecule has 0 aliphatic carbocycles. The van der Waals surface area contributed by atoms with Crippen LogP contribution in [0.15, 0.2) is 18.2 Å². The Morgan fingerprint density at radius 1 is 1.50 bits per heavy atom. The van der Waals surface area contributed by atoms with Crippen molar-refractivity contribution in [1.82, 2.24) is 0 Å². The van der Waals surface area contributed by atoms with Gasteiger partial charge in [-0.15, -0.1) is 0 Å². The number of aryl methyl sites for hydroxylation is 1. The Kier molecular flexibility index (Phi) is 3.59. The van der Waals surface area contributed by atoms with Gasteiger partial charge < -0.3 is 4.74 Å². The molecule has 0 heterocycles. The molecule has 0 fully saturated rings. The Morgan fingerprint density at radius 3 is 2.71 bits per heavy atom. The minimum atomic E-state index is -0.368. The van der Waals surface area contributed by atoms with Gasteiger partial charge in [0.15, 0.2) is 0 Å². The number of hydrogen-bond donors (Lipinski definition) is 0. The number of nitro benzene ring substituents is 1. The van der Waals surface area contributed by atoms with Gasteiger partial charge in [0, 0.05) is 13.2 Å². The normalized spacial score (nSPS) is 10.1. The average molecular weight is 195 g/mol. The lowest BCUT2D eigenvalue weighted by atomic mass is 10.0. The van der Waals surface area contributed by atoms with Gasteiger partial charge in [-0.1, -0.05) is 19.1 Å². The smallest absolute Gasteiger partial charge is 0.275 e. The molecular formula is C10H13NO3. The van der Waals surface area contributed by atoms with Crippen LogP contribution in [0, 0.1) is 10.1 Å². The van der Waals surface area contributed by atoms with E-state index in [4.69, 9.17) is 4.74 Å². The fraction of sp³-hybridized carbons (Fsp3) is 0.400. The molecule has 0 N–H and O–H groups in total. The first-order valence-corrected chi connectivity index (χ1v) is 4.44. The lowest BCUT2D eigenvalue weighted by molar-refractivity contribution is -0.386. The highest BCUT2D eigenvalue weighted by molar-refractivity contribution is 5.45. The zero-order valence-corrected chi connectivity index (χ0v) is 8.32. The van der Waals surface area contributed by atoms with Crippen LogP contribution in [0.1, 0.15) is 18.1 Å². The molecule has 14 heavy (non-hydrogen) atoms. The Balaban J connectivity index is 3.20. The number of ether oxygens (including phenoxy) is 1. The van der Waals surface area contributed by atoms with Gasteiger partial charge in [-0.25, -0.2) is 0 Å². The molecule has 0 unspecified atom stereocenters. The fourth-order valence-electron chi connectivity index (χ4n) is 1.43. The van der Waals surface area contributed by atoms with E-state index in [1.165, 1.54) is 13.2 Å². The maximum atomic E-state index is 10.7. The summed E-state index contributed by atoms with van der Waals surface area (Å²) in [5, 5.41) is 10.7. The van der Waals surface area contributed by atoms with Crippen LogP contribution in [0.3, 0.4) is 0 Å². The molecule has 0 amide bonds. The standard InChI is InChI=1S/C10H13NO3/c1-3-8-5-4-6-10(11(12)13)9(8)7-14-2/h4-6H,3,7H2,1-2H3. The summed E-state index contributed by atoms with van der Waals surface area (Å²) in [7, 11) is 1.54. The van der Waals surface area contributed by atoms with Crippen LogP contribution in [0.4, 0.5) is 5.69 Å². The zero-order valence-electron chi connectivity index (χ0n) is 8.32. The van der Waals surface area contributed by atoms with Crippen LogP contribution < -0.4 is 0 Å². The first kappa shape index (κ1) is 10.7. The second-order valence-electron chi connectivity index (χ2n) is 2.96. The topological polar surface area (TPSA) is 52.4 Å². The van der Waals surface area contributed by atoms with Crippen LogP contribution in [-0.4, -0.2) is 12.0 Å². The average Bonchev–Trinajstić information content (AvgIpc) is 2.18. The molecule has 1 aromatic rings. The number of hydrogen-bond acceptors (Lipinski definition) is 3. The summed E-state index contributed by atoms with van der Waals surface area (Å²) in [6.07, 6.45) is 0.778. The second kappa shape index (κ2) is 4.72. The van der Waals surface area contributed by atoms with E-state index >= 15 is 0 Å². The van der Waals surface area contributed by atoms with Gasteiger partial charge in [-0.2, -0.15) is 0 Å². The van der Waals surface area contributed by atoms with Crippen molar-refractivity contribution in [1.29, 1.82) is 0 Å². The van der Waals surface area contributed by atoms with Gasteiger partial charge in [0.05, 0.1) is 17.1 Å². The molecule has 1 rings (SSSR count). The van der Waals surface area contributed by atoms with Crippen LogP contribution in [0.5, 0.6) is 0 Å². The summed E-state index contributed by atoms with van der Waals surface area (Å²) in [5.74, 6) is 0. The van der Waals surface area contributed by atoms with E-state index in [0.717, 1.165) is 12.0 Å². The Morgan fingerprint density at radius 2 is 2.21 bits per heavy atom. The molecular weight excluding hydrogens is 182 g/mol. The van der Waals surface area contributed by atoms with Crippen molar-refractivity contribution in [2.24, 2.45) is 0 Å². The summed E-state index contributed by atoms with van der Waals surface area (Å²) in [6, 6.07) is 5.10. The van der Waals surface area contributed by atoms with E-state index < -0.39 is 0 Å². The zero-order chi connectivity index (χ0) is 10.6. The first-order chi connectivity index (χ1) is 6.70. The van der Waals surface area contributed by atoms with Crippen molar-refractivity contribution in [3.05, 3.63) is 39.4 Å². The highest BCUT2D eigenvalue weighted by atomic mass is 16.6. The van der Waals surface area contributed by atoms with E-state index in [1.54, 1.807) is 6.07 Å². The number of nitrogens with zero attached hydrogens (tertiary/aromatic N) is 1. The highest BCUT2D eigenvalue weighted by Crippen LogP contribution is 2.23. The molecule has 0 bridgehead atoms. The van der Waals surface area contributed by atoms with Crippen molar-refractivity contribution < 1.29 is 9.66 Å². The van der Waals surface area contributed by atoms with Gasteiger partial charge in [0.25, 0.3) is 5.69 Å². The van der Waals surface area contributed by atoms with Gasteiger partial charge in [-0.05, 0) is 12.0 Å². The third kappa shape index (κ3) is 2.09. The van der Waals surface area contributed by atoms with Crippen molar-refractivity contribution in [2.75, 3.05) is 7.11 Å². The van der Waals surface area contributed by atoms with Gasteiger partial charge >= 0.3 is 0 Å². The molecule has 0 atom stereocenters. The Bertz CT molecular complexity index is 336. The van der Waals surface area contributed by atoms with Crippen LogP contribution >= 0.6 is 0 Å². The van der Waals surface area contributed by atoms with E-state index in [9.17, 15) is 10.1 Å². The minimum Gasteiger partial charge on any atom is -0.380 e. The van der Waals surface area contributed by atoms with Crippen molar-refractivity contribution in [2.45, 2.75) is 20.0 Å². The highest BCUT2D eigenvalue weighted by Gasteiger charge is 2.15. The summed E-state index contributed by atoms with van der Waals surface area (Å²) >= 11 is 0. The molecule has 0 radical (unpaired) electrons. The maximum absolute atomic E-state index is 10.7. The molecule has 4 heteroatoms. The molecule has 0 aromatic heterocycles. The lowest BCUT2D eigenvalue weighted by Gasteiger charge is -2.06. The largest absolute Gasteiger partial charge is 0.380 e. The maximum Gasteiger partial charge on any atom is 0.275 e.